The Morgan fingerprint density at radius 1 is 1.09 bits per heavy atom. The third-order valence-electron chi connectivity index (χ3n) is 2.70. The second kappa shape index (κ2) is 7.53. The summed E-state index contributed by atoms with van der Waals surface area (Å²) in [5.74, 6) is 0.275. The molecule has 0 N–H and O–H groups in total. The number of methoxy groups -OCH3 is 1. The van der Waals surface area contributed by atoms with Crippen molar-refractivity contribution < 1.29 is 27.5 Å². The Morgan fingerprint density at radius 3 is 2.61 bits per heavy atom. The summed E-state index contributed by atoms with van der Waals surface area (Å²) in [6, 6.07) is 12.6. The fourth-order valence-corrected chi connectivity index (χ4v) is 1.76. The van der Waals surface area contributed by atoms with Crippen LogP contribution in [-0.2, 0) is 11.4 Å². The van der Waals surface area contributed by atoms with Crippen molar-refractivity contribution in [1.82, 2.24) is 0 Å². The maximum Gasteiger partial charge on any atom is 0.573 e. The molecule has 7 heteroatoms. The fraction of sp³-hybridized carbons (Fsp3) is 0.188. The van der Waals surface area contributed by atoms with Gasteiger partial charge < -0.3 is 14.3 Å². The number of hydrogen-bond donors (Lipinski definition) is 0. The van der Waals surface area contributed by atoms with Crippen LogP contribution in [-0.4, -0.2) is 19.7 Å². The minimum Gasteiger partial charge on any atom is -0.496 e. The normalized spacial score (nSPS) is 11.5. The van der Waals surface area contributed by atoms with Gasteiger partial charge in [0.05, 0.1) is 7.11 Å². The summed E-state index contributed by atoms with van der Waals surface area (Å²) in [7, 11) is 1.52. The van der Waals surface area contributed by atoms with Crippen molar-refractivity contribution in [3.63, 3.8) is 0 Å². The summed E-state index contributed by atoms with van der Waals surface area (Å²) in [6.07, 6.45) is -2.07. The molecule has 2 aromatic carbocycles. The molecule has 2 rings (SSSR count). The van der Waals surface area contributed by atoms with Crippen LogP contribution in [0.2, 0.25) is 0 Å². The number of nitrogens with zero attached hydrogens (tertiary/aromatic N) is 1. The zero-order chi connectivity index (χ0) is 16.7. The van der Waals surface area contributed by atoms with Gasteiger partial charge >= 0.3 is 6.36 Å². The Labute approximate surface area is 131 Å². The third-order valence-corrected chi connectivity index (χ3v) is 2.70. The Bertz CT molecular complexity index is 672. The van der Waals surface area contributed by atoms with Gasteiger partial charge in [-0.3, -0.25) is 0 Å². The molecule has 23 heavy (non-hydrogen) atoms. The summed E-state index contributed by atoms with van der Waals surface area (Å²) in [6.45, 7) is -0.0167. The number of para-hydroxylation sites is 1. The lowest BCUT2D eigenvalue weighted by molar-refractivity contribution is -0.274. The van der Waals surface area contributed by atoms with Crippen LogP contribution in [0.4, 0.5) is 13.2 Å². The highest BCUT2D eigenvalue weighted by Gasteiger charge is 2.31. The molecule has 0 atom stereocenters. The van der Waals surface area contributed by atoms with E-state index in [1.54, 1.807) is 30.3 Å². The van der Waals surface area contributed by atoms with Gasteiger partial charge in [-0.1, -0.05) is 29.4 Å². The molecule has 2 aromatic rings. The Morgan fingerprint density at radius 2 is 1.87 bits per heavy atom. The lowest BCUT2D eigenvalue weighted by atomic mass is 10.2. The van der Waals surface area contributed by atoms with Gasteiger partial charge in [-0.15, -0.1) is 13.2 Å². The zero-order valence-corrected chi connectivity index (χ0v) is 12.1. The first-order valence-electron chi connectivity index (χ1n) is 6.53. The van der Waals surface area contributed by atoms with Crippen LogP contribution in [0.1, 0.15) is 11.1 Å². The molecule has 1 radical (unpaired) electrons. The molecule has 0 unspecified atom stereocenters. The van der Waals surface area contributed by atoms with E-state index in [9.17, 15) is 13.2 Å². The van der Waals surface area contributed by atoms with E-state index < -0.39 is 6.36 Å². The number of benzene rings is 2. The van der Waals surface area contributed by atoms with Crippen molar-refractivity contribution in [2.75, 3.05) is 7.11 Å². The van der Waals surface area contributed by atoms with Crippen molar-refractivity contribution in [3.8, 4) is 11.5 Å². The van der Waals surface area contributed by atoms with Gasteiger partial charge in [-0.2, -0.15) is 0 Å². The highest BCUT2D eigenvalue weighted by Crippen LogP contribution is 2.23. The van der Waals surface area contributed by atoms with Crippen molar-refractivity contribution in [3.05, 3.63) is 59.7 Å². The molecule has 121 valence electrons. The molecule has 0 bridgehead atoms. The van der Waals surface area contributed by atoms with Crippen molar-refractivity contribution in [2.24, 2.45) is 5.16 Å². The van der Waals surface area contributed by atoms with E-state index in [2.05, 4.69) is 16.1 Å². The van der Waals surface area contributed by atoms with E-state index in [4.69, 9.17) is 9.57 Å². The number of alkyl halides is 3. The average molecular weight is 324 g/mol. The summed E-state index contributed by atoms with van der Waals surface area (Å²) in [5, 5.41) is 3.66. The minimum atomic E-state index is -4.73. The van der Waals surface area contributed by atoms with E-state index in [0.717, 1.165) is 0 Å². The van der Waals surface area contributed by atoms with E-state index in [1.807, 2.05) is 0 Å². The molecule has 0 saturated carbocycles. The minimum absolute atomic E-state index is 0.0167. The largest absolute Gasteiger partial charge is 0.573 e. The van der Waals surface area contributed by atoms with E-state index in [1.165, 1.54) is 25.3 Å². The van der Waals surface area contributed by atoms with Gasteiger partial charge in [-0.25, -0.2) is 0 Å². The van der Waals surface area contributed by atoms with Crippen molar-refractivity contribution >= 4 is 6.21 Å². The first kappa shape index (κ1) is 16.7. The first-order chi connectivity index (χ1) is 11.0. The van der Waals surface area contributed by atoms with Crippen molar-refractivity contribution in [1.29, 1.82) is 0 Å². The standard InChI is InChI=1S/C16H13F3NO3/c1-21-15-8-3-2-6-13(15)10-20-22-11-12-5-4-7-14(9-12)23-16(17,18)19/h2-9H,11H2,1H3. The topological polar surface area (TPSA) is 40.0 Å². The molecule has 0 amide bonds. The van der Waals surface area contributed by atoms with Gasteiger partial charge in [0.1, 0.15) is 24.3 Å². The fourth-order valence-electron chi connectivity index (χ4n) is 1.76. The number of halogens is 3. The van der Waals surface area contributed by atoms with Crippen LogP contribution >= 0.6 is 0 Å². The highest BCUT2D eigenvalue weighted by molar-refractivity contribution is 5.82. The van der Waals surface area contributed by atoms with Crippen LogP contribution in [0.5, 0.6) is 11.5 Å². The summed E-state index contributed by atoms with van der Waals surface area (Å²) in [4.78, 5) is 5.03. The molecule has 0 aliphatic carbocycles. The molecule has 0 spiro atoms. The molecule has 0 aromatic heterocycles. The van der Waals surface area contributed by atoms with Gasteiger partial charge in [0, 0.05) is 5.56 Å². The lowest BCUT2D eigenvalue weighted by Gasteiger charge is -2.09. The molecule has 4 nitrogen and oxygen atoms in total. The SMILES string of the molecule is COc1ccccc1/[C]=N\OCc1cccc(OC(F)(F)F)c1. The van der Waals surface area contributed by atoms with Crippen LogP contribution in [0.3, 0.4) is 0 Å². The van der Waals surface area contributed by atoms with Crippen molar-refractivity contribution in [2.45, 2.75) is 13.0 Å². The smallest absolute Gasteiger partial charge is 0.496 e. The number of ether oxygens (including phenoxy) is 2. The van der Waals surface area contributed by atoms with Crippen LogP contribution in [0.15, 0.2) is 53.7 Å². The van der Waals surface area contributed by atoms with Gasteiger partial charge in [-0.05, 0) is 29.8 Å². The summed E-state index contributed by atoms with van der Waals surface area (Å²) < 4.78 is 45.4. The molecular weight excluding hydrogens is 311 g/mol. The maximum atomic E-state index is 12.1. The Balaban J connectivity index is 1.93. The highest BCUT2D eigenvalue weighted by atomic mass is 19.4. The molecule has 0 aliphatic rings. The first-order valence-corrected chi connectivity index (χ1v) is 6.53. The molecular formula is C16H13F3NO3. The number of hydrogen-bond acceptors (Lipinski definition) is 4. The predicted octanol–water partition coefficient (Wildman–Crippen LogP) is 4.02. The maximum absolute atomic E-state index is 12.1. The summed E-state index contributed by atoms with van der Waals surface area (Å²) >= 11 is 0. The monoisotopic (exact) mass is 324 g/mol. The number of rotatable bonds is 6. The van der Waals surface area contributed by atoms with Gasteiger partial charge in [0.15, 0.2) is 0 Å². The van der Waals surface area contributed by atoms with E-state index in [-0.39, 0.29) is 12.4 Å². The molecule has 0 heterocycles. The van der Waals surface area contributed by atoms with E-state index >= 15 is 0 Å². The predicted molar refractivity (Wildman–Crippen MR) is 77.4 cm³/mol. The zero-order valence-electron chi connectivity index (χ0n) is 12.1. The third kappa shape index (κ3) is 5.54. The molecule has 0 saturated heterocycles. The van der Waals surface area contributed by atoms with Crippen LogP contribution < -0.4 is 9.47 Å². The average Bonchev–Trinajstić information content (AvgIpc) is 2.50. The quantitative estimate of drug-likeness (QED) is 0.595. The molecule has 0 aliphatic heterocycles. The van der Waals surface area contributed by atoms with Gasteiger partial charge in [0.25, 0.3) is 0 Å². The van der Waals surface area contributed by atoms with E-state index in [0.29, 0.717) is 16.9 Å². The summed E-state index contributed by atoms with van der Waals surface area (Å²) in [5.41, 5.74) is 1.08. The second-order valence-corrected chi connectivity index (χ2v) is 4.37. The van der Waals surface area contributed by atoms with Gasteiger partial charge in [0.2, 0.25) is 0 Å². The van der Waals surface area contributed by atoms with Crippen LogP contribution in [0, 0.1) is 0 Å². The second-order valence-electron chi connectivity index (χ2n) is 4.37. The van der Waals surface area contributed by atoms with Crippen LogP contribution in [0.25, 0.3) is 0 Å². The molecule has 0 fully saturated rings. The lowest BCUT2D eigenvalue weighted by Crippen LogP contribution is -2.17. The Hall–Kier alpha value is -2.70. The Kier molecular flexibility index (Phi) is 5.46.